The lowest BCUT2D eigenvalue weighted by Gasteiger charge is -2.32. The summed E-state index contributed by atoms with van der Waals surface area (Å²) in [6, 6.07) is 9.94. The minimum Gasteiger partial charge on any atom is -0.494 e. The second-order valence-corrected chi connectivity index (χ2v) is 5.78. The lowest BCUT2D eigenvalue weighted by atomic mass is 10.1. The van der Waals surface area contributed by atoms with E-state index in [-0.39, 0.29) is 11.9 Å². The highest BCUT2D eigenvalue weighted by Gasteiger charge is 2.24. The maximum absolute atomic E-state index is 12.3. The first-order chi connectivity index (χ1) is 11.3. The van der Waals surface area contributed by atoms with Crippen molar-refractivity contribution in [3.63, 3.8) is 0 Å². The molecule has 1 fully saturated rings. The molecule has 0 N–H and O–H groups in total. The molecule has 1 aliphatic heterocycles. The van der Waals surface area contributed by atoms with Gasteiger partial charge in [-0.3, -0.25) is 4.79 Å². The van der Waals surface area contributed by atoms with E-state index in [9.17, 15) is 4.79 Å². The average molecular weight is 314 g/mol. The second-order valence-electron chi connectivity index (χ2n) is 5.78. The first-order valence-electron chi connectivity index (χ1n) is 8.12. The number of rotatable bonds is 6. The van der Waals surface area contributed by atoms with E-state index in [0.29, 0.717) is 13.0 Å². The molecule has 3 rings (SSSR count). The number of aromatic nitrogens is 3. The van der Waals surface area contributed by atoms with E-state index in [0.717, 1.165) is 38.1 Å². The van der Waals surface area contributed by atoms with Crippen LogP contribution in [0.4, 0.5) is 0 Å². The van der Waals surface area contributed by atoms with Crippen molar-refractivity contribution in [2.24, 2.45) is 0 Å². The molecule has 1 aliphatic rings. The Hall–Kier alpha value is -2.37. The van der Waals surface area contributed by atoms with Crippen molar-refractivity contribution in [3.05, 3.63) is 43.0 Å². The molecule has 1 amide bonds. The van der Waals surface area contributed by atoms with Crippen molar-refractivity contribution in [2.75, 3.05) is 19.7 Å². The van der Waals surface area contributed by atoms with Gasteiger partial charge in [-0.15, -0.1) is 0 Å². The smallest absolute Gasteiger partial charge is 0.222 e. The number of carbonyl (C=O) groups is 1. The van der Waals surface area contributed by atoms with Crippen LogP contribution in [0.1, 0.15) is 31.7 Å². The lowest BCUT2D eigenvalue weighted by molar-refractivity contribution is -0.133. The van der Waals surface area contributed by atoms with Gasteiger partial charge in [0.1, 0.15) is 18.4 Å². The van der Waals surface area contributed by atoms with Crippen LogP contribution in [0.25, 0.3) is 0 Å². The van der Waals surface area contributed by atoms with Crippen LogP contribution < -0.4 is 4.74 Å². The first kappa shape index (κ1) is 15.5. The third kappa shape index (κ3) is 4.31. The fourth-order valence-electron chi connectivity index (χ4n) is 2.89. The number of nitrogens with zero attached hydrogens (tertiary/aromatic N) is 4. The molecule has 6 nitrogen and oxygen atoms in total. The molecule has 6 heteroatoms. The first-order valence-corrected chi connectivity index (χ1v) is 8.12. The molecule has 0 bridgehead atoms. The number of ether oxygens (including phenoxy) is 1. The SMILES string of the molecule is O=C(CCCOc1ccccc1)N1CCC[C@@H](n2cncn2)C1. The Morgan fingerprint density at radius 3 is 2.96 bits per heavy atom. The number of hydrogen-bond donors (Lipinski definition) is 0. The molecular formula is C17H22N4O2. The highest BCUT2D eigenvalue weighted by atomic mass is 16.5. The predicted octanol–water partition coefficient (Wildman–Crippen LogP) is 2.30. The van der Waals surface area contributed by atoms with Gasteiger partial charge in [0.25, 0.3) is 0 Å². The van der Waals surface area contributed by atoms with E-state index in [4.69, 9.17) is 4.74 Å². The third-order valence-electron chi connectivity index (χ3n) is 4.11. The van der Waals surface area contributed by atoms with Crippen LogP contribution >= 0.6 is 0 Å². The molecule has 23 heavy (non-hydrogen) atoms. The van der Waals surface area contributed by atoms with Gasteiger partial charge < -0.3 is 9.64 Å². The summed E-state index contributed by atoms with van der Waals surface area (Å²) in [6.45, 7) is 2.13. The van der Waals surface area contributed by atoms with Gasteiger partial charge in [-0.1, -0.05) is 18.2 Å². The van der Waals surface area contributed by atoms with Crippen LogP contribution in [0.2, 0.25) is 0 Å². The number of likely N-dealkylation sites (tertiary alicyclic amines) is 1. The second kappa shape index (κ2) is 7.76. The minimum atomic E-state index is 0.200. The van der Waals surface area contributed by atoms with Crippen LogP contribution in [0.15, 0.2) is 43.0 Å². The summed E-state index contributed by atoms with van der Waals surface area (Å²) in [5.74, 6) is 1.05. The van der Waals surface area contributed by atoms with Gasteiger partial charge in [-0.25, -0.2) is 9.67 Å². The number of benzene rings is 1. The number of amides is 1. The Balaban J connectivity index is 1.41. The Kier molecular flexibility index (Phi) is 5.24. The van der Waals surface area contributed by atoms with Gasteiger partial charge in [0.05, 0.1) is 12.6 Å². The Morgan fingerprint density at radius 2 is 2.17 bits per heavy atom. The van der Waals surface area contributed by atoms with Crippen molar-refractivity contribution in [1.29, 1.82) is 0 Å². The summed E-state index contributed by atoms with van der Waals surface area (Å²) in [5.41, 5.74) is 0. The molecule has 0 aliphatic carbocycles. The molecule has 0 spiro atoms. The fourth-order valence-corrected chi connectivity index (χ4v) is 2.89. The lowest BCUT2D eigenvalue weighted by Crippen LogP contribution is -2.40. The summed E-state index contributed by atoms with van der Waals surface area (Å²) in [5, 5.41) is 4.19. The zero-order valence-corrected chi connectivity index (χ0v) is 13.2. The maximum Gasteiger partial charge on any atom is 0.222 e. The van der Waals surface area contributed by atoms with E-state index in [1.807, 2.05) is 39.9 Å². The van der Waals surface area contributed by atoms with E-state index in [2.05, 4.69) is 10.1 Å². The summed E-state index contributed by atoms with van der Waals surface area (Å²) in [4.78, 5) is 18.3. The monoisotopic (exact) mass is 314 g/mol. The van der Waals surface area contributed by atoms with Crippen LogP contribution in [-0.4, -0.2) is 45.3 Å². The van der Waals surface area contributed by atoms with Crippen LogP contribution in [-0.2, 0) is 4.79 Å². The zero-order chi connectivity index (χ0) is 15.9. The van der Waals surface area contributed by atoms with Crippen LogP contribution in [0.5, 0.6) is 5.75 Å². The molecular weight excluding hydrogens is 292 g/mol. The van der Waals surface area contributed by atoms with E-state index < -0.39 is 0 Å². The van der Waals surface area contributed by atoms with Gasteiger partial charge in [-0.2, -0.15) is 5.10 Å². The molecule has 1 saturated heterocycles. The van der Waals surface area contributed by atoms with Crippen LogP contribution in [0.3, 0.4) is 0 Å². The summed E-state index contributed by atoms with van der Waals surface area (Å²) < 4.78 is 7.49. The molecule has 1 atom stereocenters. The maximum atomic E-state index is 12.3. The largest absolute Gasteiger partial charge is 0.494 e. The molecule has 0 saturated carbocycles. The average Bonchev–Trinajstić information content (AvgIpc) is 3.14. The highest BCUT2D eigenvalue weighted by Crippen LogP contribution is 2.21. The predicted molar refractivity (Wildman–Crippen MR) is 86.0 cm³/mol. The van der Waals surface area contributed by atoms with Crippen molar-refractivity contribution < 1.29 is 9.53 Å². The molecule has 122 valence electrons. The van der Waals surface area contributed by atoms with Crippen molar-refractivity contribution in [3.8, 4) is 5.75 Å². The van der Waals surface area contributed by atoms with E-state index in [1.54, 1.807) is 12.7 Å². The van der Waals surface area contributed by atoms with Gasteiger partial charge in [-0.05, 0) is 31.4 Å². The molecule has 0 radical (unpaired) electrons. The summed E-state index contributed by atoms with van der Waals surface area (Å²) in [6.07, 6.45) is 6.59. The molecule has 1 aromatic carbocycles. The highest BCUT2D eigenvalue weighted by molar-refractivity contribution is 5.76. The normalized spacial score (nSPS) is 17.9. The minimum absolute atomic E-state index is 0.200. The number of carbonyl (C=O) groups excluding carboxylic acids is 1. The van der Waals surface area contributed by atoms with Gasteiger partial charge in [0.2, 0.25) is 5.91 Å². The number of piperidine rings is 1. The standard InChI is InChI=1S/C17H22N4O2/c22-17(9-5-11-23-16-7-2-1-3-8-16)20-10-4-6-15(12-20)21-14-18-13-19-21/h1-3,7-8,13-15H,4-6,9-12H2/t15-/m1/s1. The number of hydrogen-bond acceptors (Lipinski definition) is 4. The molecule has 1 aromatic heterocycles. The summed E-state index contributed by atoms with van der Waals surface area (Å²) >= 11 is 0. The van der Waals surface area contributed by atoms with Gasteiger partial charge >= 0.3 is 0 Å². The number of para-hydroxylation sites is 1. The molecule has 0 unspecified atom stereocenters. The van der Waals surface area contributed by atoms with Gasteiger partial charge in [0.15, 0.2) is 0 Å². The van der Waals surface area contributed by atoms with E-state index in [1.165, 1.54) is 0 Å². The molecule has 2 heterocycles. The van der Waals surface area contributed by atoms with Crippen molar-refractivity contribution >= 4 is 5.91 Å². The van der Waals surface area contributed by atoms with Gasteiger partial charge in [0, 0.05) is 19.5 Å². The van der Waals surface area contributed by atoms with E-state index >= 15 is 0 Å². The Morgan fingerprint density at radius 1 is 1.30 bits per heavy atom. The zero-order valence-electron chi connectivity index (χ0n) is 13.2. The van der Waals surface area contributed by atoms with Crippen molar-refractivity contribution in [1.82, 2.24) is 19.7 Å². The Labute approximate surface area is 136 Å². The Bertz CT molecular complexity index is 600. The third-order valence-corrected chi connectivity index (χ3v) is 4.11. The summed E-state index contributed by atoms with van der Waals surface area (Å²) in [7, 11) is 0. The topological polar surface area (TPSA) is 60.2 Å². The molecule has 2 aromatic rings. The van der Waals surface area contributed by atoms with Crippen LogP contribution in [0, 0.1) is 0 Å². The quantitative estimate of drug-likeness (QED) is 0.768. The fraction of sp³-hybridized carbons (Fsp3) is 0.471. The van der Waals surface area contributed by atoms with Crippen molar-refractivity contribution in [2.45, 2.75) is 31.7 Å².